The minimum atomic E-state index is -0.230. The van der Waals surface area contributed by atoms with Crippen LogP contribution in [0.25, 0.3) is 0 Å². The molecule has 0 aliphatic carbocycles. The van der Waals surface area contributed by atoms with Crippen molar-refractivity contribution in [2.45, 2.75) is 12.8 Å². The van der Waals surface area contributed by atoms with E-state index in [2.05, 4.69) is 11.4 Å². The van der Waals surface area contributed by atoms with Crippen LogP contribution in [-0.4, -0.2) is 20.4 Å². The largest absolute Gasteiger partial charge is 0.492 e. The molecule has 2 aromatic carbocycles. The Kier molecular flexibility index (Phi) is 3.22. The van der Waals surface area contributed by atoms with Crippen molar-refractivity contribution >= 4 is 24.9 Å². The number of ether oxygens (including phenoxy) is 1. The number of hydrogen-bond donors (Lipinski definition) is 1. The van der Waals surface area contributed by atoms with E-state index in [1.54, 1.807) is 0 Å². The van der Waals surface area contributed by atoms with Crippen molar-refractivity contribution in [1.82, 2.24) is 0 Å². The third-order valence-electron chi connectivity index (χ3n) is 3.66. The number of amides is 1. The van der Waals surface area contributed by atoms with Gasteiger partial charge >= 0.3 is 0 Å². The van der Waals surface area contributed by atoms with Crippen molar-refractivity contribution < 1.29 is 9.53 Å². The smallest absolute Gasteiger partial charge is 0.235 e. The number of para-hydroxylation sites is 1. The van der Waals surface area contributed by atoms with Crippen LogP contribution in [-0.2, 0) is 4.79 Å². The molecule has 0 bridgehead atoms. The van der Waals surface area contributed by atoms with Crippen molar-refractivity contribution in [1.29, 1.82) is 0 Å². The zero-order valence-corrected chi connectivity index (χ0v) is 11.6. The summed E-state index contributed by atoms with van der Waals surface area (Å²) in [5.74, 6) is 0.571. The van der Waals surface area contributed by atoms with E-state index in [-0.39, 0.29) is 11.8 Å². The van der Waals surface area contributed by atoms with Gasteiger partial charge in [-0.3, -0.25) is 4.79 Å². The molecule has 1 unspecified atom stereocenters. The van der Waals surface area contributed by atoms with Crippen molar-refractivity contribution in [3.05, 3.63) is 53.6 Å². The second kappa shape index (κ2) is 5.04. The van der Waals surface area contributed by atoms with Gasteiger partial charge < -0.3 is 10.1 Å². The number of carbonyl (C=O) groups is 1. The van der Waals surface area contributed by atoms with Crippen LogP contribution in [0.2, 0.25) is 0 Å². The highest BCUT2D eigenvalue weighted by atomic mass is 16.5. The number of rotatable bonds is 2. The van der Waals surface area contributed by atoms with Crippen LogP contribution in [0, 0.1) is 6.92 Å². The standard InChI is InChI=1S/C16H16BNO2/c1-10-6-7-14(13(17)8-10)18-16(19)12-9-20-15-5-3-2-4-11(12)15/h2-8,12H,9,17H2,1H3,(H,18,19). The second-order valence-corrected chi connectivity index (χ2v) is 5.21. The molecule has 0 saturated carbocycles. The lowest BCUT2D eigenvalue weighted by Crippen LogP contribution is -2.25. The fourth-order valence-corrected chi connectivity index (χ4v) is 2.55. The summed E-state index contributed by atoms with van der Waals surface area (Å²) in [6.07, 6.45) is 0. The fraction of sp³-hybridized carbons (Fsp3) is 0.188. The fourth-order valence-electron chi connectivity index (χ4n) is 2.55. The van der Waals surface area contributed by atoms with Gasteiger partial charge in [-0.05, 0) is 19.1 Å². The lowest BCUT2D eigenvalue weighted by Gasteiger charge is -2.13. The van der Waals surface area contributed by atoms with Crippen molar-refractivity contribution in [3.63, 3.8) is 0 Å². The first-order valence-corrected chi connectivity index (χ1v) is 6.75. The Hall–Kier alpha value is -2.23. The predicted octanol–water partition coefficient (Wildman–Crippen LogP) is 1.37. The Morgan fingerprint density at radius 1 is 1.30 bits per heavy atom. The topological polar surface area (TPSA) is 38.3 Å². The summed E-state index contributed by atoms with van der Waals surface area (Å²) in [5, 5.41) is 3.00. The maximum absolute atomic E-state index is 12.4. The Morgan fingerprint density at radius 3 is 2.90 bits per heavy atom. The first kappa shape index (κ1) is 12.8. The van der Waals surface area contributed by atoms with Crippen LogP contribution >= 0.6 is 0 Å². The molecule has 1 heterocycles. The van der Waals surface area contributed by atoms with E-state index in [1.165, 1.54) is 5.56 Å². The highest BCUT2D eigenvalue weighted by Crippen LogP contribution is 2.33. The summed E-state index contributed by atoms with van der Waals surface area (Å²) in [5.41, 5.74) is 4.10. The molecule has 0 aromatic heterocycles. The highest BCUT2D eigenvalue weighted by Gasteiger charge is 2.30. The molecular weight excluding hydrogens is 249 g/mol. The summed E-state index contributed by atoms with van der Waals surface area (Å²) in [6, 6.07) is 13.7. The third-order valence-corrected chi connectivity index (χ3v) is 3.66. The summed E-state index contributed by atoms with van der Waals surface area (Å²) >= 11 is 0. The molecule has 1 aliphatic heterocycles. The molecule has 0 fully saturated rings. The molecule has 0 saturated heterocycles. The van der Waals surface area contributed by atoms with Crippen LogP contribution in [0.5, 0.6) is 5.75 Å². The van der Waals surface area contributed by atoms with Gasteiger partial charge in [-0.2, -0.15) is 0 Å². The van der Waals surface area contributed by atoms with Crippen molar-refractivity contribution in [2.24, 2.45) is 0 Å². The average molecular weight is 265 g/mol. The minimum Gasteiger partial charge on any atom is -0.492 e. The molecule has 1 atom stereocenters. The van der Waals surface area contributed by atoms with Crippen molar-refractivity contribution in [2.75, 3.05) is 11.9 Å². The van der Waals surface area contributed by atoms with Gasteiger partial charge in [0.15, 0.2) is 0 Å². The van der Waals surface area contributed by atoms with E-state index in [0.717, 1.165) is 22.5 Å². The van der Waals surface area contributed by atoms with Crippen LogP contribution in [0.4, 0.5) is 5.69 Å². The first-order chi connectivity index (χ1) is 9.65. The zero-order chi connectivity index (χ0) is 14.1. The Bertz CT molecular complexity index is 669. The molecule has 3 rings (SSSR count). The maximum atomic E-state index is 12.4. The van der Waals surface area contributed by atoms with Gasteiger partial charge in [-0.1, -0.05) is 41.4 Å². The number of carbonyl (C=O) groups excluding carboxylic acids is 1. The summed E-state index contributed by atoms with van der Waals surface area (Å²) in [6.45, 7) is 2.45. The Morgan fingerprint density at radius 2 is 2.10 bits per heavy atom. The van der Waals surface area contributed by atoms with E-state index in [4.69, 9.17) is 4.74 Å². The molecule has 1 aliphatic rings. The summed E-state index contributed by atoms with van der Waals surface area (Å²) in [7, 11) is 2.00. The van der Waals surface area contributed by atoms with Gasteiger partial charge in [-0.25, -0.2) is 0 Å². The van der Waals surface area contributed by atoms with Gasteiger partial charge in [-0.15, -0.1) is 0 Å². The zero-order valence-electron chi connectivity index (χ0n) is 11.6. The van der Waals surface area contributed by atoms with E-state index in [9.17, 15) is 4.79 Å². The van der Waals surface area contributed by atoms with Gasteiger partial charge in [0.25, 0.3) is 0 Å². The first-order valence-electron chi connectivity index (χ1n) is 6.75. The number of hydrogen-bond acceptors (Lipinski definition) is 2. The number of benzene rings is 2. The molecule has 1 amide bonds. The summed E-state index contributed by atoms with van der Waals surface area (Å²) in [4.78, 5) is 12.4. The lowest BCUT2D eigenvalue weighted by molar-refractivity contribution is -0.117. The van der Waals surface area contributed by atoms with E-state index >= 15 is 0 Å². The van der Waals surface area contributed by atoms with Gasteiger partial charge in [0.1, 0.15) is 26.1 Å². The molecule has 4 heteroatoms. The van der Waals surface area contributed by atoms with Crippen LogP contribution in [0.15, 0.2) is 42.5 Å². The normalized spacial score (nSPS) is 16.4. The SMILES string of the molecule is Bc1cc(C)ccc1NC(=O)C1COc2ccccc21. The molecule has 0 radical (unpaired) electrons. The van der Waals surface area contributed by atoms with Gasteiger partial charge in [0.2, 0.25) is 5.91 Å². The molecule has 3 nitrogen and oxygen atoms in total. The predicted molar refractivity (Wildman–Crippen MR) is 82.7 cm³/mol. The molecule has 100 valence electrons. The van der Waals surface area contributed by atoms with E-state index in [1.807, 2.05) is 51.2 Å². The molecule has 1 N–H and O–H groups in total. The monoisotopic (exact) mass is 265 g/mol. The van der Waals surface area contributed by atoms with E-state index < -0.39 is 0 Å². The van der Waals surface area contributed by atoms with E-state index in [0.29, 0.717) is 6.61 Å². The van der Waals surface area contributed by atoms with Gasteiger partial charge in [0, 0.05) is 11.3 Å². The number of fused-ring (bicyclic) bond motifs is 1. The van der Waals surface area contributed by atoms with Crippen LogP contribution < -0.4 is 15.5 Å². The minimum absolute atomic E-state index is 0.0121. The third kappa shape index (κ3) is 2.29. The maximum Gasteiger partial charge on any atom is 0.235 e. The summed E-state index contributed by atoms with van der Waals surface area (Å²) < 4.78 is 5.56. The van der Waals surface area contributed by atoms with Crippen LogP contribution in [0.1, 0.15) is 17.0 Å². The molecule has 2 aromatic rings. The Labute approximate surface area is 119 Å². The second-order valence-electron chi connectivity index (χ2n) is 5.21. The van der Waals surface area contributed by atoms with Gasteiger partial charge in [0.05, 0.1) is 0 Å². The number of aryl methyl sites for hydroxylation is 1. The number of nitrogens with one attached hydrogen (secondary N) is 1. The quantitative estimate of drug-likeness (QED) is 0.833. The molecule has 20 heavy (non-hydrogen) atoms. The average Bonchev–Trinajstić information content (AvgIpc) is 2.86. The van der Waals surface area contributed by atoms with Crippen LogP contribution in [0.3, 0.4) is 0 Å². The lowest BCUT2D eigenvalue weighted by atomic mass is 9.92. The highest BCUT2D eigenvalue weighted by molar-refractivity contribution is 6.36. The Balaban J connectivity index is 1.81. The number of anilines is 1. The van der Waals surface area contributed by atoms with Crippen molar-refractivity contribution in [3.8, 4) is 5.75 Å². The molecule has 0 spiro atoms. The molecular formula is C16H16BNO2.